The molecular weight excluding hydrogens is 385 g/mol. The van der Waals surface area contributed by atoms with Crippen LogP contribution in [0.25, 0.3) is 0 Å². The summed E-state index contributed by atoms with van der Waals surface area (Å²) in [6.07, 6.45) is 0. The third-order valence-corrected chi connectivity index (χ3v) is 10.2. The van der Waals surface area contributed by atoms with Gasteiger partial charge in [-0.1, -0.05) is 0 Å². The predicted octanol–water partition coefficient (Wildman–Crippen LogP) is 4.86. The quantitative estimate of drug-likeness (QED) is 0.208. The van der Waals surface area contributed by atoms with Gasteiger partial charge in [0.15, 0.2) is 0 Å². The Morgan fingerprint density at radius 2 is 1.12 bits per heavy atom. The molecule has 104 valence electrons. The van der Waals surface area contributed by atoms with Gasteiger partial charge >= 0.3 is 0 Å². The average molecular weight is 403 g/mol. The van der Waals surface area contributed by atoms with Crippen LogP contribution in [-0.2, 0) is 0 Å². The molecule has 0 nitrogen and oxygen atoms in total. The first-order valence-electron chi connectivity index (χ1n) is 4.75. The van der Waals surface area contributed by atoms with E-state index in [4.69, 9.17) is 0 Å². The molecule has 0 aromatic carbocycles. The minimum atomic E-state index is 0.154. The van der Waals surface area contributed by atoms with E-state index < -0.39 is 0 Å². The Balaban J connectivity index is 4.05. The van der Waals surface area contributed by atoms with Crippen LogP contribution in [0.4, 0.5) is 0 Å². The molecule has 0 N–H and O–H groups in total. The molecule has 0 saturated carbocycles. The molecule has 0 radical (unpaired) electrons. The van der Waals surface area contributed by atoms with Crippen molar-refractivity contribution < 1.29 is 0 Å². The van der Waals surface area contributed by atoms with Crippen LogP contribution in [-0.4, -0.2) is 41.0 Å². The standard InChI is InChI=1S/C8H18S9/c9-4-14-2-1-13-3-8(15-5-10,16-6-11)17-7-12/h9-12H,1-7H2. The average Bonchev–Trinajstić information content (AvgIpc) is 2.30. The Kier molecular flexibility index (Phi) is 16.7. The molecule has 0 aliphatic rings. The van der Waals surface area contributed by atoms with Gasteiger partial charge in [-0.15, -0.1) is 35.3 Å². The molecule has 0 heterocycles. The van der Waals surface area contributed by atoms with E-state index in [-0.39, 0.29) is 3.41 Å². The minimum absolute atomic E-state index is 0.154. The van der Waals surface area contributed by atoms with E-state index in [1.165, 1.54) is 11.5 Å². The number of thiol groups is 4. The zero-order valence-electron chi connectivity index (χ0n) is 9.28. The summed E-state index contributed by atoms with van der Waals surface area (Å²) in [5.74, 6) is 3.47. The Labute approximate surface area is 149 Å². The number of hydrogen-bond donors (Lipinski definition) is 4. The molecule has 17 heavy (non-hydrogen) atoms. The molecular formula is C8H18S9. The molecule has 0 spiro atoms. The van der Waals surface area contributed by atoms with E-state index in [0.717, 1.165) is 26.1 Å². The van der Waals surface area contributed by atoms with E-state index in [1.807, 2.05) is 58.8 Å². The van der Waals surface area contributed by atoms with E-state index in [1.54, 1.807) is 0 Å². The normalized spacial score (nSPS) is 12.0. The van der Waals surface area contributed by atoms with E-state index in [0.29, 0.717) is 0 Å². The summed E-state index contributed by atoms with van der Waals surface area (Å²) in [7, 11) is 0. The summed E-state index contributed by atoms with van der Waals surface area (Å²) in [6.45, 7) is 0. The molecule has 0 aromatic heterocycles. The molecule has 0 bridgehead atoms. The zero-order chi connectivity index (χ0) is 13.0. The van der Waals surface area contributed by atoms with Gasteiger partial charge in [0.25, 0.3) is 0 Å². The van der Waals surface area contributed by atoms with Crippen LogP contribution in [0.5, 0.6) is 0 Å². The maximum Gasteiger partial charge on any atom is 0.118 e. The van der Waals surface area contributed by atoms with E-state index in [9.17, 15) is 0 Å². The molecule has 0 unspecified atom stereocenters. The van der Waals surface area contributed by atoms with Gasteiger partial charge < -0.3 is 0 Å². The van der Waals surface area contributed by atoms with E-state index in [2.05, 4.69) is 50.5 Å². The Morgan fingerprint density at radius 3 is 1.53 bits per heavy atom. The van der Waals surface area contributed by atoms with Crippen LogP contribution in [0, 0.1) is 0 Å². The fourth-order valence-electron chi connectivity index (χ4n) is 0.925. The fraction of sp³-hybridized carbons (Fsp3) is 1.00. The second kappa shape index (κ2) is 14.1. The second-order valence-corrected chi connectivity index (χ2v) is 12.4. The van der Waals surface area contributed by atoms with Gasteiger partial charge in [-0.3, -0.25) is 0 Å². The maximum atomic E-state index is 4.34. The molecule has 0 amide bonds. The number of rotatable bonds is 12. The molecule has 0 aliphatic heterocycles. The van der Waals surface area contributed by atoms with Crippen molar-refractivity contribution in [1.82, 2.24) is 0 Å². The highest BCUT2D eigenvalue weighted by molar-refractivity contribution is 8.38. The van der Waals surface area contributed by atoms with Crippen LogP contribution in [0.3, 0.4) is 0 Å². The minimum Gasteiger partial charge on any atom is -0.168 e. The molecule has 0 atom stereocenters. The molecule has 9 heteroatoms. The molecule has 0 aliphatic carbocycles. The lowest BCUT2D eigenvalue weighted by molar-refractivity contribution is 1.34. The number of thioether (sulfide) groups is 5. The Bertz CT molecular complexity index is 148. The van der Waals surface area contributed by atoms with Crippen molar-refractivity contribution in [2.75, 3.05) is 37.6 Å². The van der Waals surface area contributed by atoms with Gasteiger partial charge in [0, 0.05) is 37.6 Å². The highest BCUT2D eigenvalue weighted by Crippen LogP contribution is 2.49. The van der Waals surface area contributed by atoms with Crippen LogP contribution in [0.15, 0.2) is 0 Å². The van der Waals surface area contributed by atoms with Crippen LogP contribution in [0.2, 0.25) is 0 Å². The summed E-state index contributed by atoms with van der Waals surface area (Å²) >= 11 is 26.8. The lowest BCUT2D eigenvalue weighted by Gasteiger charge is -2.30. The summed E-state index contributed by atoms with van der Waals surface area (Å²) < 4.78 is 0.154. The summed E-state index contributed by atoms with van der Waals surface area (Å²) in [6, 6.07) is 0. The van der Waals surface area contributed by atoms with Crippen LogP contribution < -0.4 is 0 Å². The lowest BCUT2D eigenvalue weighted by atomic mass is 10.9. The van der Waals surface area contributed by atoms with Crippen molar-refractivity contribution in [3.8, 4) is 0 Å². The molecule has 0 rings (SSSR count). The van der Waals surface area contributed by atoms with Gasteiger partial charge in [0.1, 0.15) is 3.41 Å². The monoisotopic (exact) mass is 402 g/mol. The van der Waals surface area contributed by atoms with Crippen molar-refractivity contribution in [2.45, 2.75) is 3.41 Å². The predicted molar refractivity (Wildman–Crippen MR) is 111 cm³/mol. The Morgan fingerprint density at radius 1 is 0.647 bits per heavy atom. The summed E-state index contributed by atoms with van der Waals surface area (Å²) in [5, 5.41) is 3.43. The smallest absolute Gasteiger partial charge is 0.118 e. The van der Waals surface area contributed by atoms with E-state index >= 15 is 0 Å². The topological polar surface area (TPSA) is 0 Å². The van der Waals surface area contributed by atoms with Crippen molar-refractivity contribution in [1.29, 1.82) is 0 Å². The fourth-order valence-corrected chi connectivity index (χ4v) is 10.7. The maximum absolute atomic E-state index is 4.34. The first-order valence-corrected chi connectivity index (χ1v) is 12.5. The summed E-state index contributed by atoms with van der Waals surface area (Å²) in [5.41, 5.74) is 0. The highest BCUT2D eigenvalue weighted by Gasteiger charge is 2.30. The van der Waals surface area contributed by atoms with Crippen LogP contribution >= 0.6 is 109 Å². The van der Waals surface area contributed by atoms with Crippen molar-refractivity contribution in [3.63, 3.8) is 0 Å². The van der Waals surface area contributed by atoms with Crippen molar-refractivity contribution >= 4 is 109 Å². The largest absolute Gasteiger partial charge is 0.168 e. The molecule has 0 fully saturated rings. The SMILES string of the molecule is SCSCCSCC(SCS)(SCS)SCS. The van der Waals surface area contributed by atoms with Gasteiger partial charge in [-0.05, 0) is 0 Å². The van der Waals surface area contributed by atoms with Crippen molar-refractivity contribution in [2.24, 2.45) is 0 Å². The van der Waals surface area contributed by atoms with Gasteiger partial charge in [0.05, 0.1) is 0 Å². The van der Waals surface area contributed by atoms with Crippen LogP contribution in [0.1, 0.15) is 0 Å². The third-order valence-electron chi connectivity index (χ3n) is 1.60. The first-order chi connectivity index (χ1) is 8.24. The third kappa shape index (κ3) is 10.5. The molecule has 0 aromatic rings. The van der Waals surface area contributed by atoms with Gasteiger partial charge in [0.2, 0.25) is 0 Å². The van der Waals surface area contributed by atoms with Gasteiger partial charge in [-0.2, -0.15) is 74.0 Å². The lowest BCUT2D eigenvalue weighted by Crippen LogP contribution is -2.20. The van der Waals surface area contributed by atoms with Gasteiger partial charge in [-0.25, -0.2) is 0 Å². The Hall–Kier alpha value is 3.15. The number of hydrogen-bond acceptors (Lipinski definition) is 9. The summed E-state index contributed by atoms with van der Waals surface area (Å²) in [4.78, 5) is 0. The zero-order valence-corrected chi connectivity index (χ0v) is 16.9. The molecule has 0 saturated heterocycles. The van der Waals surface area contributed by atoms with Crippen molar-refractivity contribution in [3.05, 3.63) is 0 Å². The highest BCUT2D eigenvalue weighted by atomic mass is 32.3. The second-order valence-electron chi connectivity index (χ2n) is 2.59. The first kappa shape index (κ1) is 20.1.